The molecule has 1 N–H and O–H groups in total. The van der Waals surface area contributed by atoms with Crippen LogP contribution in [-0.4, -0.2) is 55.5 Å². The summed E-state index contributed by atoms with van der Waals surface area (Å²) in [6.07, 6.45) is 0. The van der Waals surface area contributed by atoms with Gasteiger partial charge in [-0.05, 0) is 36.8 Å². The van der Waals surface area contributed by atoms with Crippen molar-refractivity contribution in [1.29, 1.82) is 0 Å². The van der Waals surface area contributed by atoms with Gasteiger partial charge in [0.15, 0.2) is 0 Å². The molecule has 28 heavy (non-hydrogen) atoms. The van der Waals surface area contributed by atoms with E-state index in [0.29, 0.717) is 42.5 Å². The third-order valence-corrected chi connectivity index (χ3v) is 7.04. The van der Waals surface area contributed by atoms with Crippen LogP contribution < -0.4 is 5.32 Å². The van der Waals surface area contributed by atoms with E-state index in [-0.39, 0.29) is 11.7 Å². The fourth-order valence-electron chi connectivity index (χ4n) is 3.13. The lowest BCUT2D eigenvalue weighted by molar-refractivity contribution is 0.102. The molecule has 0 aliphatic carbocycles. The first-order chi connectivity index (χ1) is 13.4. The van der Waals surface area contributed by atoms with Gasteiger partial charge in [0.05, 0.1) is 16.5 Å². The Balaban J connectivity index is 1.55. The summed E-state index contributed by atoms with van der Waals surface area (Å²) in [7, 11) is -3.11. The van der Waals surface area contributed by atoms with E-state index in [2.05, 4.69) is 10.2 Å². The summed E-state index contributed by atoms with van der Waals surface area (Å²) in [6, 6.07) is 14.5. The van der Waals surface area contributed by atoms with Crippen LogP contribution >= 0.6 is 11.6 Å². The van der Waals surface area contributed by atoms with E-state index in [1.54, 1.807) is 35.5 Å². The third kappa shape index (κ3) is 5.11. The van der Waals surface area contributed by atoms with Crippen LogP contribution in [0, 0.1) is 0 Å². The normalized spacial score (nSPS) is 16.1. The number of hydrogen-bond acceptors (Lipinski definition) is 4. The van der Waals surface area contributed by atoms with Crippen LogP contribution in [0.4, 0.5) is 5.69 Å². The average Bonchev–Trinajstić information content (AvgIpc) is 2.70. The van der Waals surface area contributed by atoms with Gasteiger partial charge in [0, 0.05) is 38.3 Å². The zero-order valence-corrected chi connectivity index (χ0v) is 17.3. The van der Waals surface area contributed by atoms with Crippen LogP contribution in [0.5, 0.6) is 0 Å². The zero-order chi connectivity index (χ0) is 20.1. The second-order valence-corrected chi connectivity index (χ2v) is 9.37. The van der Waals surface area contributed by atoms with Gasteiger partial charge in [-0.3, -0.25) is 9.69 Å². The summed E-state index contributed by atoms with van der Waals surface area (Å²) in [5.74, 6) is -0.0666. The topological polar surface area (TPSA) is 69.7 Å². The smallest absolute Gasteiger partial charge is 0.255 e. The highest BCUT2D eigenvalue weighted by Crippen LogP contribution is 2.21. The predicted molar refractivity (Wildman–Crippen MR) is 112 cm³/mol. The maximum absolute atomic E-state index is 12.4. The van der Waals surface area contributed by atoms with Crippen molar-refractivity contribution >= 4 is 33.2 Å². The molecule has 2 aromatic carbocycles. The molecule has 0 radical (unpaired) electrons. The highest BCUT2D eigenvalue weighted by atomic mass is 35.5. The summed E-state index contributed by atoms with van der Waals surface area (Å²) >= 11 is 6.08. The molecular weight excluding hydrogens is 398 g/mol. The molecule has 1 amide bonds. The van der Waals surface area contributed by atoms with Crippen molar-refractivity contribution in [1.82, 2.24) is 9.21 Å². The van der Waals surface area contributed by atoms with Crippen LogP contribution in [0.1, 0.15) is 22.8 Å². The highest BCUT2D eigenvalue weighted by Gasteiger charge is 2.25. The largest absolute Gasteiger partial charge is 0.321 e. The molecule has 0 unspecified atom stereocenters. The molecule has 0 bridgehead atoms. The van der Waals surface area contributed by atoms with Gasteiger partial charge in [-0.15, -0.1) is 0 Å². The van der Waals surface area contributed by atoms with Crippen LogP contribution in [0.25, 0.3) is 0 Å². The lowest BCUT2D eigenvalue weighted by Crippen LogP contribution is -2.48. The van der Waals surface area contributed by atoms with Crippen molar-refractivity contribution in [2.75, 3.05) is 37.2 Å². The lowest BCUT2D eigenvalue weighted by atomic mass is 10.1. The van der Waals surface area contributed by atoms with Crippen molar-refractivity contribution in [2.45, 2.75) is 13.5 Å². The van der Waals surface area contributed by atoms with Gasteiger partial charge in [0.2, 0.25) is 10.0 Å². The Labute approximate surface area is 171 Å². The summed E-state index contributed by atoms with van der Waals surface area (Å²) in [5, 5.41) is 3.31. The van der Waals surface area contributed by atoms with E-state index in [4.69, 9.17) is 11.6 Å². The molecule has 1 aliphatic heterocycles. The first kappa shape index (κ1) is 20.8. The Hall–Kier alpha value is -1.93. The van der Waals surface area contributed by atoms with Gasteiger partial charge >= 0.3 is 0 Å². The Bertz CT molecular complexity index is 924. The number of nitrogens with zero attached hydrogens (tertiary/aromatic N) is 2. The summed E-state index contributed by atoms with van der Waals surface area (Å²) in [6.45, 7) is 4.85. The van der Waals surface area contributed by atoms with Crippen molar-refractivity contribution in [2.24, 2.45) is 0 Å². The van der Waals surface area contributed by atoms with Crippen LogP contribution in [0.2, 0.25) is 5.02 Å². The van der Waals surface area contributed by atoms with Gasteiger partial charge < -0.3 is 5.32 Å². The number of nitrogens with one attached hydrogen (secondary N) is 1. The van der Waals surface area contributed by atoms with E-state index in [0.717, 1.165) is 12.1 Å². The molecular formula is C20H24ClN3O3S. The van der Waals surface area contributed by atoms with Crippen molar-refractivity contribution in [3.8, 4) is 0 Å². The second-order valence-electron chi connectivity index (χ2n) is 6.71. The summed E-state index contributed by atoms with van der Waals surface area (Å²) in [5.41, 5.74) is 2.22. The first-order valence-corrected chi connectivity index (χ1v) is 11.2. The van der Waals surface area contributed by atoms with Gasteiger partial charge in [-0.2, -0.15) is 4.31 Å². The van der Waals surface area contributed by atoms with Crippen molar-refractivity contribution in [3.05, 3.63) is 64.7 Å². The fraction of sp³-hybridized carbons (Fsp3) is 0.350. The number of halogens is 1. The van der Waals surface area contributed by atoms with E-state index in [1.165, 1.54) is 0 Å². The number of sulfonamides is 1. The molecule has 2 aromatic rings. The van der Waals surface area contributed by atoms with E-state index < -0.39 is 10.0 Å². The average molecular weight is 422 g/mol. The summed E-state index contributed by atoms with van der Waals surface area (Å²) < 4.78 is 25.4. The molecule has 3 rings (SSSR count). The molecule has 0 atom stereocenters. The summed E-state index contributed by atoms with van der Waals surface area (Å²) in [4.78, 5) is 14.6. The molecule has 0 aromatic heterocycles. The molecule has 6 nitrogen and oxygen atoms in total. The molecule has 1 fully saturated rings. The number of hydrogen-bond donors (Lipinski definition) is 1. The Morgan fingerprint density at radius 1 is 1.04 bits per heavy atom. The van der Waals surface area contributed by atoms with Crippen molar-refractivity contribution in [3.63, 3.8) is 0 Å². The van der Waals surface area contributed by atoms with Crippen LogP contribution in [0.3, 0.4) is 0 Å². The van der Waals surface area contributed by atoms with Crippen molar-refractivity contribution < 1.29 is 13.2 Å². The Morgan fingerprint density at radius 2 is 1.68 bits per heavy atom. The first-order valence-electron chi connectivity index (χ1n) is 9.24. The molecule has 150 valence electrons. The fourth-order valence-corrected chi connectivity index (χ4v) is 4.39. The number of para-hydroxylation sites is 1. The Morgan fingerprint density at radius 3 is 2.29 bits per heavy atom. The number of rotatable bonds is 6. The standard InChI is InChI=1S/C20H24ClN3O3S/c1-2-28(26,27)24-13-11-23(12-14-24)15-16-7-9-17(10-8-16)20(25)22-19-6-4-3-5-18(19)21/h3-10H,2,11-15H2,1H3,(H,22,25). The van der Waals surface area contributed by atoms with Gasteiger partial charge in [0.1, 0.15) is 0 Å². The molecule has 0 saturated carbocycles. The molecule has 1 saturated heterocycles. The third-order valence-electron chi connectivity index (χ3n) is 4.83. The Kier molecular flexibility index (Phi) is 6.72. The van der Waals surface area contributed by atoms with E-state index in [9.17, 15) is 13.2 Å². The number of anilines is 1. The number of amides is 1. The van der Waals surface area contributed by atoms with E-state index in [1.807, 2.05) is 24.3 Å². The molecule has 0 spiro atoms. The van der Waals surface area contributed by atoms with Gasteiger partial charge in [0.25, 0.3) is 5.91 Å². The number of benzene rings is 2. The quantitative estimate of drug-likeness (QED) is 0.778. The van der Waals surface area contributed by atoms with Crippen LogP contribution in [-0.2, 0) is 16.6 Å². The minimum absolute atomic E-state index is 0.144. The molecule has 8 heteroatoms. The predicted octanol–water partition coefficient (Wildman–Crippen LogP) is 3.06. The maximum Gasteiger partial charge on any atom is 0.255 e. The minimum Gasteiger partial charge on any atom is -0.321 e. The molecule has 1 aliphatic rings. The minimum atomic E-state index is -3.11. The molecule has 1 heterocycles. The monoisotopic (exact) mass is 421 g/mol. The highest BCUT2D eigenvalue weighted by molar-refractivity contribution is 7.89. The van der Waals surface area contributed by atoms with Gasteiger partial charge in [-0.1, -0.05) is 35.9 Å². The van der Waals surface area contributed by atoms with Gasteiger partial charge in [-0.25, -0.2) is 8.42 Å². The number of carbonyl (C=O) groups excluding carboxylic acids is 1. The number of piperazine rings is 1. The van der Waals surface area contributed by atoms with Crippen LogP contribution in [0.15, 0.2) is 48.5 Å². The lowest BCUT2D eigenvalue weighted by Gasteiger charge is -2.33. The van der Waals surface area contributed by atoms with E-state index >= 15 is 0 Å². The zero-order valence-electron chi connectivity index (χ0n) is 15.8. The number of carbonyl (C=O) groups is 1. The SMILES string of the molecule is CCS(=O)(=O)N1CCN(Cc2ccc(C(=O)Nc3ccccc3Cl)cc2)CC1. The maximum atomic E-state index is 12.4. The second kappa shape index (κ2) is 9.05.